The summed E-state index contributed by atoms with van der Waals surface area (Å²) in [5.41, 5.74) is 2.03. The minimum atomic E-state index is -0.00119. The Kier molecular flexibility index (Phi) is 6.20. The molecule has 0 unspecified atom stereocenters. The molecule has 0 radical (unpaired) electrons. The number of hydrogen-bond acceptors (Lipinski definition) is 3. The van der Waals surface area contributed by atoms with Gasteiger partial charge in [-0.1, -0.05) is 32.9 Å². The van der Waals surface area contributed by atoms with Crippen molar-refractivity contribution >= 4 is 11.8 Å². The first kappa shape index (κ1) is 19.9. The summed E-state index contributed by atoms with van der Waals surface area (Å²) in [6.07, 6.45) is 3.73. The van der Waals surface area contributed by atoms with Crippen LogP contribution in [0.1, 0.15) is 62.4 Å². The first-order chi connectivity index (χ1) is 12.8. The van der Waals surface area contributed by atoms with Crippen molar-refractivity contribution in [1.29, 1.82) is 0 Å². The van der Waals surface area contributed by atoms with Crippen molar-refractivity contribution in [3.05, 3.63) is 35.4 Å². The summed E-state index contributed by atoms with van der Waals surface area (Å²) < 4.78 is 5.55. The number of rotatable bonds is 4. The van der Waals surface area contributed by atoms with Gasteiger partial charge in [-0.3, -0.25) is 9.59 Å². The number of nitrogens with one attached hydrogen (secondary N) is 1. The highest BCUT2D eigenvalue weighted by Gasteiger charge is 2.28. The lowest BCUT2D eigenvalue weighted by atomic mass is 9.86. The molecule has 2 aliphatic heterocycles. The lowest BCUT2D eigenvalue weighted by Crippen LogP contribution is -2.44. The molecular formula is C22H32N2O3. The van der Waals surface area contributed by atoms with Crippen LogP contribution in [0.25, 0.3) is 0 Å². The van der Waals surface area contributed by atoms with Gasteiger partial charge in [0.15, 0.2) is 0 Å². The molecule has 5 heteroatoms. The van der Waals surface area contributed by atoms with E-state index >= 15 is 0 Å². The van der Waals surface area contributed by atoms with Crippen LogP contribution in [0.2, 0.25) is 0 Å². The monoisotopic (exact) mass is 372 g/mol. The van der Waals surface area contributed by atoms with Crippen LogP contribution in [0.5, 0.6) is 0 Å². The number of benzene rings is 1. The predicted octanol–water partition coefficient (Wildman–Crippen LogP) is 3.13. The summed E-state index contributed by atoms with van der Waals surface area (Å²) in [6, 6.07) is 7.92. The van der Waals surface area contributed by atoms with E-state index in [0.717, 1.165) is 37.9 Å². The maximum Gasteiger partial charge on any atom is 0.253 e. The molecule has 1 N–H and O–H groups in total. The summed E-state index contributed by atoms with van der Waals surface area (Å²) >= 11 is 0. The zero-order valence-electron chi connectivity index (χ0n) is 16.8. The molecule has 2 aliphatic rings. The van der Waals surface area contributed by atoms with Crippen molar-refractivity contribution in [3.63, 3.8) is 0 Å². The fraction of sp³-hybridized carbons (Fsp3) is 0.636. The minimum absolute atomic E-state index is 0.00119. The zero-order chi connectivity index (χ0) is 19.4. The molecule has 27 heavy (non-hydrogen) atoms. The second kappa shape index (κ2) is 8.42. The molecule has 5 nitrogen and oxygen atoms in total. The fourth-order valence-electron chi connectivity index (χ4n) is 3.80. The maximum atomic E-state index is 12.7. The van der Waals surface area contributed by atoms with Gasteiger partial charge >= 0.3 is 0 Å². The largest absolute Gasteiger partial charge is 0.376 e. The number of piperidine rings is 1. The van der Waals surface area contributed by atoms with E-state index in [1.165, 1.54) is 5.56 Å². The molecule has 2 heterocycles. The number of carbonyl (C=O) groups is 2. The van der Waals surface area contributed by atoms with Crippen molar-refractivity contribution in [1.82, 2.24) is 10.2 Å². The molecule has 2 saturated heterocycles. The van der Waals surface area contributed by atoms with Crippen molar-refractivity contribution in [2.24, 2.45) is 5.92 Å². The second-order valence-corrected chi connectivity index (χ2v) is 8.77. The third-order valence-electron chi connectivity index (χ3n) is 5.68. The Bertz CT molecular complexity index is 649. The SMILES string of the molecule is CC(C)(C)c1ccc(C(=O)N2CCC(C(=O)NC[C@H]3CCCO3)CC2)cc1. The van der Waals surface area contributed by atoms with Gasteiger partial charge in [-0.05, 0) is 48.8 Å². The zero-order valence-corrected chi connectivity index (χ0v) is 16.8. The lowest BCUT2D eigenvalue weighted by molar-refractivity contribution is -0.126. The quantitative estimate of drug-likeness (QED) is 0.883. The molecule has 0 spiro atoms. The third-order valence-corrected chi connectivity index (χ3v) is 5.68. The average Bonchev–Trinajstić information content (AvgIpc) is 3.19. The Morgan fingerprint density at radius 3 is 2.33 bits per heavy atom. The molecule has 0 aromatic heterocycles. The van der Waals surface area contributed by atoms with E-state index in [4.69, 9.17) is 4.74 Å². The highest BCUT2D eigenvalue weighted by Crippen LogP contribution is 2.24. The Balaban J connectivity index is 1.48. The Hall–Kier alpha value is -1.88. The maximum absolute atomic E-state index is 12.7. The number of ether oxygens (including phenoxy) is 1. The van der Waals surface area contributed by atoms with E-state index in [2.05, 4.69) is 26.1 Å². The normalized spacial score (nSPS) is 21.3. The van der Waals surface area contributed by atoms with Crippen molar-refractivity contribution in [2.75, 3.05) is 26.2 Å². The first-order valence-electron chi connectivity index (χ1n) is 10.1. The molecule has 0 aliphatic carbocycles. The van der Waals surface area contributed by atoms with Crippen molar-refractivity contribution in [3.8, 4) is 0 Å². The van der Waals surface area contributed by atoms with E-state index < -0.39 is 0 Å². The van der Waals surface area contributed by atoms with Crippen LogP contribution in [-0.2, 0) is 14.9 Å². The van der Waals surface area contributed by atoms with Crippen LogP contribution in [0.15, 0.2) is 24.3 Å². The highest BCUT2D eigenvalue weighted by atomic mass is 16.5. The molecule has 0 bridgehead atoms. The van der Waals surface area contributed by atoms with Crippen LogP contribution in [0.4, 0.5) is 0 Å². The number of hydrogen-bond donors (Lipinski definition) is 1. The number of likely N-dealkylation sites (tertiary alicyclic amines) is 1. The van der Waals surface area contributed by atoms with Gasteiger partial charge in [-0.25, -0.2) is 0 Å². The fourth-order valence-corrected chi connectivity index (χ4v) is 3.80. The van der Waals surface area contributed by atoms with Crippen LogP contribution in [0.3, 0.4) is 0 Å². The van der Waals surface area contributed by atoms with Gasteiger partial charge in [0.1, 0.15) is 0 Å². The summed E-state index contributed by atoms with van der Waals surface area (Å²) in [5.74, 6) is 0.166. The standard InChI is InChI=1S/C22H32N2O3/c1-22(2,3)18-8-6-17(7-9-18)21(26)24-12-10-16(11-13-24)20(25)23-15-19-5-4-14-27-19/h6-9,16,19H,4-5,10-15H2,1-3H3,(H,23,25)/t19-/m1/s1. The van der Waals surface area contributed by atoms with Gasteiger partial charge < -0.3 is 15.0 Å². The Labute approximate surface area is 162 Å². The third kappa shape index (κ3) is 5.10. The molecule has 0 saturated carbocycles. The van der Waals surface area contributed by atoms with E-state index in [9.17, 15) is 9.59 Å². The molecule has 148 valence electrons. The van der Waals surface area contributed by atoms with Gasteiger partial charge in [0.2, 0.25) is 5.91 Å². The van der Waals surface area contributed by atoms with E-state index in [1.54, 1.807) is 0 Å². The number of carbonyl (C=O) groups excluding carboxylic acids is 2. The smallest absolute Gasteiger partial charge is 0.253 e. The van der Waals surface area contributed by atoms with E-state index in [1.807, 2.05) is 29.2 Å². The summed E-state index contributed by atoms with van der Waals surface area (Å²) in [5, 5.41) is 3.02. The van der Waals surface area contributed by atoms with Crippen molar-refractivity contribution < 1.29 is 14.3 Å². The van der Waals surface area contributed by atoms with Crippen LogP contribution < -0.4 is 5.32 Å². The second-order valence-electron chi connectivity index (χ2n) is 8.77. The molecule has 2 fully saturated rings. The van der Waals surface area contributed by atoms with E-state index in [0.29, 0.717) is 19.6 Å². The van der Waals surface area contributed by atoms with Crippen LogP contribution >= 0.6 is 0 Å². The molecule has 1 aromatic rings. The average molecular weight is 373 g/mol. The van der Waals surface area contributed by atoms with Gasteiger partial charge in [0.05, 0.1) is 6.10 Å². The molecule has 1 atom stereocenters. The van der Waals surface area contributed by atoms with Crippen LogP contribution in [0, 0.1) is 5.92 Å². The lowest BCUT2D eigenvalue weighted by Gasteiger charge is -2.31. The minimum Gasteiger partial charge on any atom is -0.376 e. The summed E-state index contributed by atoms with van der Waals surface area (Å²) in [6.45, 7) is 9.18. The van der Waals surface area contributed by atoms with Crippen LogP contribution in [-0.4, -0.2) is 49.1 Å². The number of amides is 2. The van der Waals surface area contributed by atoms with Gasteiger partial charge in [-0.15, -0.1) is 0 Å². The highest BCUT2D eigenvalue weighted by molar-refractivity contribution is 5.94. The molecule has 1 aromatic carbocycles. The topological polar surface area (TPSA) is 58.6 Å². The van der Waals surface area contributed by atoms with Crippen molar-refractivity contribution in [2.45, 2.75) is 58.0 Å². The van der Waals surface area contributed by atoms with Gasteiger partial charge in [0, 0.05) is 37.7 Å². The first-order valence-corrected chi connectivity index (χ1v) is 10.1. The number of nitrogens with zero attached hydrogens (tertiary/aromatic N) is 1. The molecule has 2 amide bonds. The molecule has 3 rings (SSSR count). The van der Waals surface area contributed by atoms with Gasteiger partial charge in [0.25, 0.3) is 5.91 Å². The molecular weight excluding hydrogens is 340 g/mol. The Morgan fingerprint density at radius 1 is 1.11 bits per heavy atom. The Morgan fingerprint density at radius 2 is 1.78 bits per heavy atom. The predicted molar refractivity (Wildman–Crippen MR) is 106 cm³/mol. The van der Waals surface area contributed by atoms with Gasteiger partial charge in [-0.2, -0.15) is 0 Å². The summed E-state index contributed by atoms with van der Waals surface area (Å²) in [4.78, 5) is 27.0. The summed E-state index contributed by atoms with van der Waals surface area (Å²) in [7, 11) is 0. The van der Waals surface area contributed by atoms with E-state index in [-0.39, 0.29) is 29.3 Å².